The van der Waals surface area contributed by atoms with Gasteiger partial charge in [-0.1, -0.05) is 216 Å². The fourth-order valence-corrected chi connectivity index (χ4v) is 12.0. The lowest BCUT2D eigenvalue weighted by Crippen LogP contribution is -2.14. The Morgan fingerprint density at radius 3 is 1.20 bits per heavy atom. The van der Waals surface area contributed by atoms with Crippen molar-refractivity contribution in [1.82, 2.24) is 0 Å². The molecule has 2 aliphatic rings. The lowest BCUT2D eigenvalue weighted by atomic mass is 9.79. The van der Waals surface area contributed by atoms with E-state index in [0.29, 0.717) is 0 Å². The average Bonchev–Trinajstić information content (AvgIpc) is 3.71. The molecule has 0 unspecified atom stereocenters. The van der Waals surface area contributed by atoms with Gasteiger partial charge in [-0.05, 0) is 150 Å². The number of benzene rings is 11. The van der Waals surface area contributed by atoms with Crippen molar-refractivity contribution in [2.45, 2.75) is 38.5 Å². The topological polar surface area (TPSA) is 0 Å². The van der Waals surface area contributed by atoms with Gasteiger partial charge in [0, 0.05) is 10.8 Å². The summed E-state index contributed by atoms with van der Waals surface area (Å²) in [6.07, 6.45) is 0. The summed E-state index contributed by atoms with van der Waals surface area (Å²) in [4.78, 5) is 0. The van der Waals surface area contributed by atoms with Crippen LogP contribution in [0.3, 0.4) is 0 Å². The fraction of sp³-hybridized carbons (Fsp3) is 0.0938. The molecule has 0 aromatic heterocycles. The van der Waals surface area contributed by atoms with Gasteiger partial charge >= 0.3 is 0 Å². The molecule has 0 radical (unpaired) electrons. The molecule has 302 valence electrons. The maximum absolute atomic E-state index is 2.51. The molecule has 0 bridgehead atoms. The van der Waals surface area contributed by atoms with Crippen LogP contribution in [0.25, 0.3) is 110 Å². The molecule has 11 aromatic carbocycles. The average molecular weight is 815 g/mol. The zero-order valence-electron chi connectivity index (χ0n) is 36.6. The highest BCUT2D eigenvalue weighted by Crippen LogP contribution is 2.54. The van der Waals surface area contributed by atoms with Crippen LogP contribution < -0.4 is 0 Å². The molecule has 0 aliphatic heterocycles. The van der Waals surface area contributed by atoms with Gasteiger partial charge in [0.05, 0.1) is 0 Å². The Morgan fingerprint density at radius 2 is 0.609 bits per heavy atom. The molecule has 0 heterocycles. The predicted molar refractivity (Wildman–Crippen MR) is 273 cm³/mol. The molecule has 0 N–H and O–H groups in total. The third-order valence-electron chi connectivity index (χ3n) is 15.1. The Labute approximate surface area is 375 Å². The lowest BCUT2D eigenvalue weighted by molar-refractivity contribution is 0.660. The lowest BCUT2D eigenvalue weighted by Gasteiger charge is -2.24. The first-order chi connectivity index (χ1) is 31.3. The van der Waals surface area contributed by atoms with Gasteiger partial charge in [0.1, 0.15) is 0 Å². The van der Waals surface area contributed by atoms with E-state index in [1.165, 1.54) is 132 Å². The van der Waals surface area contributed by atoms with Crippen LogP contribution in [0, 0.1) is 0 Å². The Balaban J connectivity index is 1.15. The van der Waals surface area contributed by atoms with Crippen molar-refractivity contribution in [3.05, 3.63) is 229 Å². The first-order valence-corrected chi connectivity index (χ1v) is 22.8. The van der Waals surface area contributed by atoms with Crippen molar-refractivity contribution in [2.24, 2.45) is 0 Å². The van der Waals surface area contributed by atoms with E-state index < -0.39 is 0 Å². The summed E-state index contributed by atoms with van der Waals surface area (Å²) in [6, 6.07) is 78.0. The van der Waals surface area contributed by atoms with Crippen LogP contribution in [0.15, 0.2) is 206 Å². The molecule has 0 spiro atoms. The van der Waals surface area contributed by atoms with Crippen molar-refractivity contribution in [1.29, 1.82) is 0 Å². The van der Waals surface area contributed by atoms with Gasteiger partial charge < -0.3 is 0 Å². The van der Waals surface area contributed by atoms with Crippen LogP contribution in [0.4, 0.5) is 0 Å². The fourth-order valence-electron chi connectivity index (χ4n) is 12.0. The van der Waals surface area contributed by atoms with E-state index in [9.17, 15) is 0 Å². The maximum atomic E-state index is 2.51. The summed E-state index contributed by atoms with van der Waals surface area (Å²) in [5.74, 6) is 0. The summed E-state index contributed by atoms with van der Waals surface area (Å²) in [5, 5.41) is 10.1. The third-order valence-corrected chi connectivity index (χ3v) is 15.1. The van der Waals surface area contributed by atoms with Gasteiger partial charge in [-0.3, -0.25) is 0 Å². The molecule has 13 rings (SSSR count). The monoisotopic (exact) mass is 814 g/mol. The van der Waals surface area contributed by atoms with Crippen LogP contribution in [-0.4, -0.2) is 0 Å². The van der Waals surface area contributed by atoms with E-state index in [1.54, 1.807) is 0 Å². The van der Waals surface area contributed by atoms with Gasteiger partial charge in [0.2, 0.25) is 0 Å². The van der Waals surface area contributed by atoms with Crippen LogP contribution in [0.2, 0.25) is 0 Å². The smallest absolute Gasteiger partial charge is 0.0159 e. The zero-order valence-corrected chi connectivity index (χ0v) is 36.6. The van der Waals surface area contributed by atoms with Gasteiger partial charge in [0.15, 0.2) is 0 Å². The Morgan fingerprint density at radius 1 is 0.219 bits per heavy atom. The second kappa shape index (κ2) is 13.5. The van der Waals surface area contributed by atoms with Crippen molar-refractivity contribution in [2.75, 3.05) is 0 Å². The number of fused-ring (bicyclic) bond motifs is 10. The quantitative estimate of drug-likeness (QED) is 0.155. The van der Waals surface area contributed by atoms with Crippen LogP contribution >= 0.6 is 0 Å². The molecule has 64 heavy (non-hydrogen) atoms. The molecule has 0 amide bonds. The van der Waals surface area contributed by atoms with E-state index >= 15 is 0 Å². The van der Waals surface area contributed by atoms with Crippen molar-refractivity contribution >= 4 is 43.1 Å². The summed E-state index contributed by atoms with van der Waals surface area (Å²) < 4.78 is 0. The molecule has 0 heteroatoms. The van der Waals surface area contributed by atoms with E-state index in [0.717, 1.165) is 0 Å². The molecule has 0 atom stereocenters. The number of hydrogen-bond donors (Lipinski definition) is 0. The highest BCUT2D eigenvalue weighted by Gasteiger charge is 2.37. The Bertz CT molecular complexity index is 3710. The third kappa shape index (κ3) is 5.11. The molecular formula is C64H46. The summed E-state index contributed by atoms with van der Waals surface area (Å²) in [5.41, 5.74) is 20.9. The molecule has 0 nitrogen and oxygen atoms in total. The maximum Gasteiger partial charge on any atom is 0.0159 e. The second-order valence-electron chi connectivity index (χ2n) is 19.1. The van der Waals surface area contributed by atoms with E-state index in [1.807, 2.05) is 0 Å². The molecule has 11 aromatic rings. The largest absolute Gasteiger partial charge is 0.0622 e. The number of rotatable bonds is 4. The van der Waals surface area contributed by atoms with Crippen molar-refractivity contribution in [3.63, 3.8) is 0 Å². The Hall–Kier alpha value is -7.54. The molecule has 0 fully saturated rings. The molecular weight excluding hydrogens is 769 g/mol. The van der Waals surface area contributed by atoms with Crippen molar-refractivity contribution < 1.29 is 0 Å². The van der Waals surface area contributed by atoms with Gasteiger partial charge in [-0.2, -0.15) is 0 Å². The minimum Gasteiger partial charge on any atom is -0.0622 e. The summed E-state index contributed by atoms with van der Waals surface area (Å²) in [7, 11) is 0. The predicted octanol–water partition coefficient (Wildman–Crippen LogP) is 17.6. The van der Waals surface area contributed by atoms with E-state index in [-0.39, 0.29) is 10.8 Å². The van der Waals surface area contributed by atoms with E-state index in [2.05, 4.69) is 234 Å². The summed E-state index contributed by atoms with van der Waals surface area (Å²) in [6.45, 7) is 9.50. The summed E-state index contributed by atoms with van der Waals surface area (Å²) >= 11 is 0. The van der Waals surface area contributed by atoms with E-state index in [4.69, 9.17) is 0 Å². The van der Waals surface area contributed by atoms with Gasteiger partial charge in [-0.25, -0.2) is 0 Å². The van der Waals surface area contributed by atoms with Crippen LogP contribution in [-0.2, 0) is 10.8 Å². The van der Waals surface area contributed by atoms with Crippen LogP contribution in [0.1, 0.15) is 49.9 Å². The number of hydrogen-bond acceptors (Lipinski definition) is 0. The Kier molecular flexibility index (Phi) is 7.80. The second-order valence-corrected chi connectivity index (χ2v) is 19.1. The molecule has 0 saturated heterocycles. The first-order valence-electron chi connectivity index (χ1n) is 22.8. The molecule has 0 saturated carbocycles. The highest BCUT2D eigenvalue weighted by molar-refractivity contribution is 6.30. The normalized spacial score (nSPS) is 14.2. The minimum atomic E-state index is -0.0875. The van der Waals surface area contributed by atoms with Crippen LogP contribution in [0.5, 0.6) is 0 Å². The van der Waals surface area contributed by atoms with Gasteiger partial charge in [-0.15, -0.1) is 0 Å². The first kappa shape index (κ1) is 37.1. The standard InChI is InChI=1S/C64H46/c1-63(2)56-29-17-15-21-44(56)53-37-42(32-35-57(53)63)60-48-24-10-13-27-51(48)62(61-49-25-11-8-22-46(49)59(39-18-6-5-7-19-39)47-23-9-12-26-50(47)61)52-34-31-40(36-54(52)60)41-30-33-45-43-20-14-16-28-55(43)64(3,4)58(45)38-41/h5-38H,1-4H3. The minimum absolute atomic E-state index is 0.0688. The highest BCUT2D eigenvalue weighted by atomic mass is 14.4. The zero-order chi connectivity index (χ0) is 42.9. The molecule has 2 aliphatic carbocycles. The van der Waals surface area contributed by atoms with Crippen molar-refractivity contribution in [3.8, 4) is 66.8 Å². The SMILES string of the molecule is CC1(C)c2ccccc2-c2cc(-c3c4ccccc4c(-c4c5ccccc5c(-c5ccccc5)c5ccccc45)c4ccc(-c5ccc6c(c5)C(C)(C)c5ccccc5-6)cc34)ccc21. The van der Waals surface area contributed by atoms with Gasteiger partial charge in [0.25, 0.3) is 0 Å².